The van der Waals surface area contributed by atoms with Crippen molar-refractivity contribution in [1.29, 1.82) is 0 Å². The maximum absolute atomic E-state index is 10.7. The Bertz CT molecular complexity index is 687. The van der Waals surface area contributed by atoms with Gasteiger partial charge < -0.3 is 14.8 Å². The van der Waals surface area contributed by atoms with Gasteiger partial charge in [0.25, 0.3) is 0 Å². The fraction of sp³-hybridized carbons (Fsp3) is 0.611. The lowest BCUT2D eigenvalue weighted by molar-refractivity contribution is 0.0552. The summed E-state index contributed by atoms with van der Waals surface area (Å²) in [6.07, 6.45) is 3.52. The molecule has 0 aromatic carbocycles. The van der Waals surface area contributed by atoms with Crippen LogP contribution in [0.4, 0.5) is 0 Å². The summed E-state index contributed by atoms with van der Waals surface area (Å²) >= 11 is 1.82. The number of hydrogen-bond donors (Lipinski definition) is 2. The molecule has 2 N–H and O–H groups in total. The number of thiazole rings is 1. The predicted molar refractivity (Wildman–Crippen MR) is 92.8 cm³/mol. The molecular formula is C18H26N2O2S. The number of nitrogens with zero attached hydrogens (tertiary/aromatic N) is 1. The number of nitrogens with one attached hydrogen (secondary N) is 1. The number of fused-ring (bicyclic) bond motifs is 1. The van der Waals surface area contributed by atoms with Crippen LogP contribution in [0.15, 0.2) is 10.5 Å². The van der Waals surface area contributed by atoms with E-state index >= 15 is 0 Å². The van der Waals surface area contributed by atoms with E-state index in [1.165, 1.54) is 17.0 Å². The summed E-state index contributed by atoms with van der Waals surface area (Å²) in [4.78, 5) is 6.21. The van der Waals surface area contributed by atoms with Crippen LogP contribution >= 0.6 is 11.3 Å². The molecule has 5 heteroatoms. The fourth-order valence-electron chi connectivity index (χ4n) is 3.34. The number of aryl methyl sites for hydroxylation is 3. The highest BCUT2D eigenvalue weighted by molar-refractivity contribution is 7.11. The van der Waals surface area contributed by atoms with Crippen LogP contribution in [0.2, 0.25) is 0 Å². The van der Waals surface area contributed by atoms with Crippen LogP contribution in [-0.4, -0.2) is 16.6 Å². The van der Waals surface area contributed by atoms with Crippen molar-refractivity contribution < 1.29 is 9.52 Å². The van der Waals surface area contributed by atoms with Crippen LogP contribution in [0.25, 0.3) is 0 Å². The first-order valence-corrected chi connectivity index (χ1v) is 9.15. The summed E-state index contributed by atoms with van der Waals surface area (Å²) in [5, 5.41) is 15.2. The van der Waals surface area contributed by atoms with Crippen molar-refractivity contribution in [2.24, 2.45) is 5.92 Å². The molecule has 0 bridgehead atoms. The summed E-state index contributed by atoms with van der Waals surface area (Å²) in [6, 6.07) is 1.92. The summed E-state index contributed by atoms with van der Waals surface area (Å²) in [5.41, 5.74) is 1.21. The number of rotatable bonds is 5. The highest BCUT2D eigenvalue weighted by Crippen LogP contribution is 2.30. The summed E-state index contributed by atoms with van der Waals surface area (Å²) in [5.74, 6) is 2.39. The normalized spacial score (nSPS) is 20.3. The van der Waals surface area contributed by atoms with E-state index < -0.39 is 5.60 Å². The van der Waals surface area contributed by atoms with Crippen molar-refractivity contribution >= 4 is 11.3 Å². The second kappa shape index (κ2) is 6.38. The van der Waals surface area contributed by atoms with Crippen LogP contribution in [0.1, 0.15) is 52.9 Å². The molecule has 2 aromatic heterocycles. The second-order valence-corrected chi connectivity index (χ2v) is 8.20. The number of aliphatic hydroxyl groups is 1. The second-order valence-electron chi connectivity index (χ2n) is 7.03. The first-order chi connectivity index (χ1) is 10.8. The average molecular weight is 334 g/mol. The maximum Gasteiger partial charge on any atom is 0.107 e. The van der Waals surface area contributed by atoms with E-state index in [2.05, 4.69) is 12.2 Å². The Kier molecular flexibility index (Phi) is 4.63. The minimum absolute atomic E-state index is 0.480. The van der Waals surface area contributed by atoms with E-state index in [1.54, 1.807) is 0 Å². The topological polar surface area (TPSA) is 58.3 Å². The van der Waals surface area contributed by atoms with E-state index in [4.69, 9.17) is 9.40 Å². The highest BCUT2D eigenvalue weighted by Gasteiger charge is 2.27. The molecule has 2 unspecified atom stereocenters. The molecule has 0 fully saturated rings. The van der Waals surface area contributed by atoms with Crippen LogP contribution in [0, 0.1) is 19.8 Å². The third kappa shape index (κ3) is 3.67. The number of aromatic nitrogens is 1. The molecule has 1 aliphatic carbocycles. The average Bonchev–Trinajstić information content (AvgIpc) is 3.01. The minimum atomic E-state index is -0.937. The number of furan rings is 1. The molecule has 0 spiro atoms. The summed E-state index contributed by atoms with van der Waals surface area (Å²) in [6.45, 7) is 9.12. The van der Waals surface area contributed by atoms with Crippen LogP contribution in [0.3, 0.4) is 0 Å². The van der Waals surface area contributed by atoms with Gasteiger partial charge in [0.15, 0.2) is 0 Å². The van der Waals surface area contributed by atoms with Gasteiger partial charge in [-0.3, -0.25) is 0 Å². The smallest absolute Gasteiger partial charge is 0.107 e. The lowest BCUT2D eigenvalue weighted by atomic mass is 9.93. The molecule has 0 aliphatic heterocycles. The summed E-state index contributed by atoms with van der Waals surface area (Å²) < 4.78 is 5.53. The first kappa shape index (κ1) is 16.7. The van der Waals surface area contributed by atoms with E-state index in [1.807, 2.05) is 38.2 Å². The maximum atomic E-state index is 10.7. The Balaban J connectivity index is 1.60. The van der Waals surface area contributed by atoms with E-state index in [0.29, 0.717) is 13.1 Å². The van der Waals surface area contributed by atoms with Gasteiger partial charge in [0.2, 0.25) is 0 Å². The van der Waals surface area contributed by atoms with Crippen LogP contribution < -0.4 is 5.32 Å². The minimum Gasteiger partial charge on any atom is -0.466 e. The van der Waals surface area contributed by atoms with Crippen molar-refractivity contribution in [3.63, 3.8) is 0 Å². The quantitative estimate of drug-likeness (QED) is 0.879. The van der Waals surface area contributed by atoms with Gasteiger partial charge in [-0.25, -0.2) is 4.98 Å². The van der Waals surface area contributed by atoms with E-state index in [-0.39, 0.29) is 0 Å². The third-order valence-electron chi connectivity index (χ3n) is 4.60. The summed E-state index contributed by atoms with van der Waals surface area (Å²) in [7, 11) is 0. The van der Waals surface area contributed by atoms with Crippen molar-refractivity contribution in [3.05, 3.63) is 38.7 Å². The molecule has 4 nitrogen and oxygen atoms in total. The van der Waals surface area contributed by atoms with Crippen molar-refractivity contribution in [2.45, 2.75) is 59.1 Å². The Morgan fingerprint density at radius 3 is 2.96 bits per heavy atom. The van der Waals surface area contributed by atoms with Gasteiger partial charge in [0.05, 0.1) is 5.69 Å². The molecule has 3 rings (SSSR count). The molecule has 2 atom stereocenters. The van der Waals surface area contributed by atoms with Crippen molar-refractivity contribution in [1.82, 2.24) is 10.3 Å². The van der Waals surface area contributed by atoms with E-state index in [9.17, 15) is 5.11 Å². The Morgan fingerprint density at radius 1 is 1.48 bits per heavy atom. The molecular weight excluding hydrogens is 308 g/mol. The highest BCUT2D eigenvalue weighted by atomic mass is 32.1. The Labute approximate surface area is 141 Å². The molecule has 0 saturated heterocycles. The predicted octanol–water partition coefficient (Wildman–Crippen LogP) is 3.48. The van der Waals surface area contributed by atoms with Gasteiger partial charge in [-0.1, -0.05) is 6.92 Å². The van der Waals surface area contributed by atoms with Gasteiger partial charge in [-0.2, -0.15) is 0 Å². The van der Waals surface area contributed by atoms with Crippen molar-refractivity contribution in [3.8, 4) is 0 Å². The Morgan fingerprint density at radius 2 is 2.26 bits per heavy atom. The Hall–Kier alpha value is -1.17. The van der Waals surface area contributed by atoms with Gasteiger partial charge >= 0.3 is 0 Å². The largest absolute Gasteiger partial charge is 0.466 e. The zero-order valence-electron chi connectivity index (χ0n) is 14.4. The molecule has 1 aliphatic rings. The van der Waals surface area contributed by atoms with Crippen molar-refractivity contribution in [2.75, 3.05) is 6.54 Å². The van der Waals surface area contributed by atoms with Crippen LogP contribution in [-0.2, 0) is 25.0 Å². The van der Waals surface area contributed by atoms with Gasteiger partial charge in [0, 0.05) is 23.5 Å². The number of hydrogen-bond acceptors (Lipinski definition) is 5. The van der Waals surface area contributed by atoms with Gasteiger partial charge in [0.1, 0.15) is 22.1 Å². The molecule has 2 aromatic rings. The zero-order chi connectivity index (χ0) is 16.6. The monoisotopic (exact) mass is 334 g/mol. The molecule has 2 heterocycles. The standard InChI is InChI=1S/C18H26N2O2S/c1-11-5-6-15-16(7-11)23-17(20-15)9-19-10-18(4,21)14-8-12(2)22-13(14)3/h8,11,19,21H,5-7,9-10H2,1-4H3. The first-order valence-electron chi connectivity index (χ1n) is 8.33. The fourth-order valence-corrected chi connectivity index (χ4v) is 4.59. The third-order valence-corrected chi connectivity index (χ3v) is 5.72. The molecule has 126 valence electrons. The van der Waals surface area contributed by atoms with Crippen LogP contribution in [0.5, 0.6) is 0 Å². The van der Waals surface area contributed by atoms with Gasteiger partial charge in [-0.05, 0) is 52.0 Å². The van der Waals surface area contributed by atoms with E-state index in [0.717, 1.165) is 40.9 Å². The SMILES string of the molecule is Cc1cc(C(C)(O)CNCc2nc3c(s2)CC(C)CC3)c(C)o1. The lowest BCUT2D eigenvalue weighted by Gasteiger charge is -2.23. The molecule has 0 saturated carbocycles. The molecule has 0 radical (unpaired) electrons. The zero-order valence-corrected chi connectivity index (χ0v) is 15.2. The molecule has 23 heavy (non-hydrogen) atoms. The van der Waals surface area contributed by atoms with Gasteiger partial charge in [-0.15, -0.1) is 11.3 Å². The lowest BCUT2D eigenvalue weighted by Crippen LogP contribution is -2.35. The molecule has 0 amide bonds.